The summed E-state index contributed by atoms with van der Waals surface area (Å²) in [7, 11) is 0. The molecule has 0 unspecified atom stereocenters. The Hall–Kier alpha value is -0.960. The van der Waals surface area contributed by atoms with Gasteiger partial charge < -0.3 is 9.73 Å². The van der Waals surface area contributed by atoms with Crippen molar-refractivity contribution in [3.05, 3.63) is 46.1 Å². The van der Waals surface area contributed by atoms with Crippen LogP contribution < -0.4 is 5.32 Å². The molecule has 1 atom stereocenters. The molecule has 1 heterocycles. The number of nitrogens with two attached hydrogens (primary N) is 1. The van der Waals surface area contributed by atoms with E-state index in [0.717, 1.165) is 41.4 Å². The van der Waals surface area contributed by atoms with E-state index in [1.165, 1.54) is 38.5 Å². The zero-order chi connectivity index (χ0) is 18.6. The first-order valence-electron chi connectivity index (χ1n) is 10.4. The Morgan fingerprint density at radius 2 is 1.70 bits per heavy atom. The van der Waals surface area contributed by atoms with Crippen molar-refractivity contribution in [3.63, 3.8) is 0 Å². The Morgan fingerprint density at radius 3 is 2.37 bits per heavy atom. The smallest absolute Gasteiger partial charge is 0.158 e. The van der Waals surface area contributed by atoms with Gasteiger partial charge in [-0.25, -0.2) is 0 Å². The molecule has 4 fully saturated rings. The minimum absolute atomic E-state index is 0.570. The molecule has 0 amide bonds. The number of benzene rings is 1. The molecule has 2 aromatic rings. The number of quaternary nitrogens is 1. The standard InChI is InChI=1S/C23H27Cl2NO/c1-14(23-10-15-6-16(11-23)8-17(7-15)12-23)26-13-19-3-5-22(27-19)20-9-18(24)2-4-21(20)25/h2-5,9,14-17,26H,6-8,10-13H2,1H3/p+1/t14-,15?,16?,17?,23?/m1/s1. The molecule has 1 aromatic heterocycles. The lowest BCUT2D eigenvalue weighted by atomic mass is 9.48. The van der Waals surface area contributed by atoms with E-state index < -0.39 is 0 Å². The molecule has 1 aromatic carbocycles. The lowest BCUT2D eigenvalue weighted by Gasteiger charge is -2.57. The van der Waals surface area contributed by atoms with Crippen molar-refractivity contribution in [2.45, 2.75) is 58.0 Å². The van der Waals surface area contributed by atoms with E-state index in [1.807, 2.05) is 18.2 Å². The van der Waals surface area contributed by atoms with Crippen LogP contribution in [0, 0.1) is 23.2 Å². The van der Waals surface area contributed by atoms with Crippen LogP contribution in [0.25, 0.3) is 11.3 Å². The predicted molar refractivity (Wildman–Crippen MR) is 110 cm³/mol. The van der Waals surface area contributed by atoms with E-state index in [4.69, 9.17) is 27.6 Å². The molecule has 0 radical (unpaired) electrons. The molecule has 2 nitrogen and oxygen atoms in total. The third kappa shape index (κ3) is 3.34. The first-order chi connectivity index (χ1) is 13.0. The molecule has 27 heavy (non-hydrogen) atoms. The number of hydrogen-bond donors (Lipinski definition) is 1. The highest BCUT2D eigenvalue weighted by Crippen LogP contribution is 2.60. The minimum Gasteiger partial charge on any atom is -0.455 e. The highest BCUT2D eigenvalue weighted by molar-refractivity contribution is 6.35. The summed E-state index contributed by atoms with van der Waals surface area (Å²) in [4.78, 5) is 0. The van der Waals surface area contributed by atoms with Crippen LogP contribution in [0.1, 0.15) is 51.2 Å². The summed E-state index contributed by atoms with van der Waals surface area (Å²) >= 11 is 12.4. The SMILES string of the molecule is C[C@@H]([NH2+]Cc1ccc(-c2cc(Cl)ccc2Cl)o1)C12CC3CC(CC(C3)C1)C2. The molecule has 4 heteroatoms. The highest BCUT2D eigenvalue weighted by atomic mass is 35.5. The van der Waals surface area contributed by atoms with Gasteiger partial charge in [-0.1, -0.05) is 23.2 Å². The lowest BCUT2D eigenvalue weighted by molar-refractivity contribution is -0.718. The Bertz CT molecular complexity index is 807. The molecule has 0 aliphatic heterocycles. The normalized spacial score (nSPS) is 32.8. The molecule has 2 N–H and O–H groups in total. The van der Waals surface area contributed by atoms with Crippen LogP contribution in [0.3, 0.4) is 0 Å². The third-order valence-corrected chi connectivity index (χ3v) is 8.14. The van der Waals surface area contributed by atoms with Gasteiger partial charge in [-0.05, 0) is 93.5 Å². The fourth-order valence-corrected chi connectivity index (χ4v) is 6.98. The van der Waals surface area contributed by atoms with Crippen LogP contribution in [-0.2, 0) is 6.54 Å². The van der Waals surface area contributed by atoms with Crippen LogP contribution in [0.2, 0.25) is 10.0 Å². The van der Waals surface area contributed by atoms with Crippen molar-refractivity contribution in [2.75, 3.05) is 0 Å². The summed E-state index contributed by atoms with van der Waals surface area (Å²) in [6.07, 6.45) is 8.89. The number of halogens is 2. The molecule has 4 saturated carbocycles. The van der Waals surface area contributed by atoms with Gasteiger partial charge in [0.1, 0.15) is 12.3 Å². The van der Waals surface area contributed by atoms with Crippen molar-refractivity contribution in [2.24, 2.45) is 23.2 Å². The van der Waals surface area contributed by atoms with Crippen LogP contribution in [-0.4, -0.2) is 6.04 Å². The van der Waals surface area contributed by atoms with Gasteiger partial charge in [-0.15, -0.1) is 0 Å². The second-order valence-corrected chi connectivity index (χ2v) is 10.2. The number of furan rings is 1. The Morgan fingerprint density at radius 1 is 1.04 bits per heavy atom. The van der Waals surface area contributed by atoms with Gasteiger partial charge >= 0.3 is 0 Å². The maximum absolute atomic E-state index is 6.32. The van der Waals surface area contributed by atoms with E-state index >= 15 is 0 Å². The first kappa shape index (κ1) is 18.1. The Kier molecular flexibility index (Phi) is 4.57. The number of hydrogen-bond acceptors (Lipinski definition) is 1. The molecular formula is C23H28Cl2NO+. The van der Waals surface area contributed by atoms with Crippen LogP contribution in [0.4, 0.5) is 0 Å². The van der Waals surface area contributed by atoms with Gasteiger partial charge in [-0.2, -0.15) is 0 Å². The zero-order valence-corrected chi connectivity index (χ0v) is 17.4. The van der Waals surface area contributed by atoms with Gasteiger partial charge in [0, 0.05) is 16.0 Å². The first-order valence-corrected chi connectivity index (χ1v) is 11.1. The minimum atomic E-state index is 0.570. The molecular weight excluding hydrogens is 377 g/mol. The molecule has 144 valence electrons. The molecule has 4 bridgehead atoms. The van der Waals surface area contributed by atoms with Crippen molar-refractivity contribution in [1.82, 2.24) is 0 Å². The van der Waals surface area contributed by atoms with E-state index in [0.29, 0.717) is 21.5 Å². The average Bonchev–Trinajstić information content (AvgIpc) is 3.09. The van der Waals surface area contributed by atoms with E-state index in [1.54, 1.807) is 6.07 Å². The van der Waals surface area contributed by atoms with Gasteiger partial charge in [0.25, 0.3) is 0 Å². The fraction of sp³-hybridized carbons (Fsp3) is 0.565. The van der Waals surface area contributed by atoms with Gasteiger partial charge in [0.2, 0.25) is 0 Å². The summed E-state index contributed by atoms with van der Waals surface area (Å²) in [5.74, 6) is 4.83. The van der Waals surface area contributed by atoms with Gasteiger partial charge in [-0.3, -0.25) is 0 Å². The Labute approximate surface area is 171 Å². The molecule has 4 aliphatic carbocycles. The van der Waals surface area contributed by atoms with Crippen LogP contribution in [0.5, 0.6) is 0 Å². The molecule has 6 rings (SSSR count). The van der Waals surface area contributed by atoms with Gasteiger partial charge in [0.05, 0.1) is 11.1 Å². The topological polar surface area (TPSA) is 29.8 Å². The lowest BCUT2D eigenvalue weighted by Crippen LogP contribution is -2.91. The van der Waals surface area contributed by atoms with E-state index in [-0.39, 0.29) is 0 Å². The van der Waals surface area contributed by atoms with Gasteiger partial charge in [0.15, 0.2) is 5.76 Å². The summed E-state index contributed by atoms with van der Waals surface area (Å²) in [6, 6.07) is 10.2. The zero-order valence-electron chi connectivity index (χ0n) is 15.9. The summed E-state index contributed by atoms with van der Waals surface area (Å²) in [5.41, 5.74) is 1.44. The molecule has 0 spiro atoms. The quantitative estimate of drug-likeness (QED) is 0.657. The second-order valence-electron chi connectivity index (χ2n) is 9.40. The fourth-order valence-electron chi connectivity index (χ4n) is 6.60. The summed E-state index contributed by atoms with van der Waals surface area (Å²) < 4.78 is 6.10. The third-order valence-electron chi connectivity index (χ3n) is 7.58. The van der Waals surface area contributed by atoms with E-state index in [9.17, 15) is 0 Å². The summed E-state index contributed by atoms with van der Waals surface area (Å²) in [5, 5.41) is 3.86. The number of rotatable bonds is 5. The van der Waals surface area contributed by atoms with E-state index in [2.05, 4.69) is 18.3 Å². The maximum atomic E-state index is 6.32. The molecule has 0 saturated heterocycles. The maximum Gasteiger partial charge on any atom is 0.158 e. The highest BCUT2D eigenvalue weighted by Gasteiger charge is 2.54. The largest absolute Gasteiger partial charge is 0.455 e. The predicted octanol–water partition coefficient (Wildman–Crippen LogP) is 5.92. The van der Waals surface area contributed by atoms with Crippen molar-refractivity contribution < 1.29 is 9.73 Å². The van der Waals surface area contributed by atoms with Crippen molar-refractivity contribution >= 4 is 23.2 Å². The van der Waals surface area contributed by atoms with Crippen LogP contribution in [0.15, 0.2) is 34.7 Å². The monoisotopic (exact) mass is 404 g/mol. The van der Waals surface area contributed by atoms with Crippen molar-refractivity contribution in [1.29, 1.82) is 0 Å². The Balaban J connectivity index is 1.27. The van der Waals surface area contributed by atoms with Crippen LogP contribution >= 0.6 is 23.2 Å². The average molecular weight is 405 g/mol. The second kappa shape index (κ2) is 6.83. The van der Waals surface area contributed by atoms with Crippen molar-refractivity contribution in [3.8, 4) is 11.3 Å². The molecule has 4 aliphatic rings. The summed E-state index contributed by atoms with van der Waals surface area (Å²) in [6.45, 7) is 3.34.